The van der Waals surface area contributed by atoms with Gasteiger partial charge in [0.05, 0.1) is 5.38 Å². The van der Waals surface area contributed by atoms with Crippen LogP contribution in [0.2, 0.25) is 0 Å². The molecule has 0 heterocycles. The number of hydrogen-bond acceptors (Lipinski definition) is 2. The summed E-state index contributed by atoms with van der Waals surface area (Å²) in [6.07, 6.45) is 0. The highest BCUT2D eigenvalue weighted by Crippen LogP contribution is 1.97. The summed E-state index contributed by atoms with van der Waals surface area (Å²) in [4.78, 5) is 4.20. The van der Waals surface area contributed by atoms with E-state index in [4.69, 9.17) is 11.6 Å². The Morgan fingerprint density at radius 3 is 1.33 bits per heavy atom. The van der Waals surface area contributed by atoms with Gasteiger partial charge >= 0.3 is 0 Å². The van der Waals surface area contributed by atoms with Crippen LogP contribution >= 0.6 is 36.4 Å². The van der Waals surface area contributed by atoms with Crippen molar-refractivity contribution in [2.24, 2.45) is 0 Å². The van der Waals surface area contributed by atoms with Gasteiger partial charge in [0.15, 0.2) is 0 Å². The lowest BCUT2D eigenvalue weighted by molar-refractivity contribution is 0.345. The first kappa shape index (κ1) is 18.5. The molecular formula is C7H19Cl3N2. The van der Waals surface area contributed by atoms with Crippen LogP contribution in [0.5, 0.6) is 0 Å². The van der Waals surface area contributed by atoms with E-state index < -0.39 is 0 Å². The van der Waals surface area contributed by atoms with Gasteiger partial charge < -0.3 is 9.80 Å². The van der Waals surface area contributed by atoms with Crippen LogP contribution in [0.25, 0.3) is 0 Å². The summed E-state index contributed by atoms with van der Waals surface area (Å²) in [7, 11) is 8.13. The molecule has 0 unspecified atom stereocenters. The molecule has 0 rings (SSSR count). The Hall–Kier alpha value is 0.790. The average Bonchev–Trinajstić information content (AvgIpc) is 1.58. The van der Waals surface area contributed by atoms with Crippen molar-refractivity contribution in [1.82, 2.24) is 9.80 Å². The van der Waals surface area contributed by atoms with E-state index >= 15 is 0 Å². The number of alkyl halides is 1. The molecule has 0 aliphatic heterocycles. The minimum absolute atomic E-state index is 0. The van der Waals surface area contributed by atoms with Crippen molar-refractivity contribution in [3.05, 3.63) is 0 Å². The van der Waals surface area contributed by atoms with E-state index in [-0.39, 0.29) is 30.2 Å². The monoisotopic (exact) mass is 236 g/mol. The standard InChI is InChI=1S/C7H17ClN2.2ClH/c1-9(2)5-7(8)6-10(3)4;;/h7H,5-6H2,1-4H3;2*1H. The van der Waals surface area contributed by atoms with Gasteiger partial charge in [-0.1, -0.05) is 0 Å². The fourth-order valence-corrected chi connectivity index (χ4v) is 1.40. The summed E-state index contributed by atoms with van der Waals surface area (Å²) in [5, 5.41) is 0.241. The van der Waals surface area contributed by atoms with Crippen molar-refractivity contribution in [2.45, 2.75) is 5.38 Å². The highest BCUT2D eigenvalue weighted by molar-refractivity contribution is 6.21. The van der Waals surface area contributed by atoms with E-state index in [0.29, 0.717) is 0 Å². The molecule has 0 aromatic rings. The zero-order chi connectivity index (χ0) is 8.15. The molecule has 0 aliphatic rings. The Morgan fingerprint density at radius 2 is 1.17 bits per heavy atom. The minimum Gasteiger partial charge on any atom is -0.308 e. The van der Waals surface area contributed by atoms with E-state index in [1.165, 1.54) is 0 Å². The molecule has 0 saturated carbocycles. The molecule has 0 fully saturated rings. The van der Waals surface area contributed by atoms with Crippen molar-refractivity contribution >= 4 is 36.4 Å². The predicted octanol–water partition coefficient (Wildman–Crippen LogP) is 1.56. The van der Waals surface area contributed by atoms with Crippen LogP contribution < -0.4 is 0 Å². The highest BCUT2D eigenvalue weighted by atomic mass is 35.5. The summed E-state index contributed by atoms with van der Waals surface area (Å²) >= 11 is 5.99. The lowest BCUT2D eigenvalue weighted by Crippen LogP contribution is -2.30. The molecular weight excluding hydrogens is 218 g/mol. The predicted molar refractivity (Wildman–Crippen MR) is 61.2 cm³/mol. The molecule has 0 saturated heterocycles. The molecule has 0 N–H and O–H groups in total. The largest absolute Gasteiger partial charge is 0.308 e. The fraction of sp³-hybridized carbons (Fsp3) is 1.00. The van der Waals surface area contributed by atoms with Gasteiger partial charge in [-0.05, 0) is 28.2 Å². The smallest absolute Gasteiger partial charge is 0.0589 e. The molecule has 0 aliphatic carbocycles. The van der Waals surface area contributed by atoms with E-state index in [1.807, 2.05) is 28.2 Å². The van der Waals surface area contributed by atoms with Gasteiger partial charge in [-0.15, -0.1) is 36.4 Å². The molecule has 0 spiro atoms. The summed E-state index contributed by atoms with van der Waals surface area (Å²) < 4.78 is 0. The van der Waals surface area contributed by atoms with Gasteiger partial charge in [0.25, 0.3) is 0 Å². The maximum absolute atomic E-state index is 5.99. The lowest BCUT2D eigenvalue weighted by atomic mass is 10.4. The molecule has 12 heavy (non-hydrogen) atoms. The van der Waals surface area contributed by atoms with E-state index in [9.17, 15) is 0 Å². The van der Waals surface area contributed by atoms with Crippen LogP contribution in [0, 0.1) is 0 Å². The summed E-state index contributed by atoms with van der Waals surface area (Å²) in [6.45, 7) is 1.89. The maximum atomic E-state index is 5.99. The minimum atomic E-state index is 0. The lowest BCUT2D eigenvalue weighted by Gasteiger charge is -2.18. The van der Waals surface area contributed by atoms with Crippen molar-refractivity contribution < 1.29 is 0 Å². The Labute approximate surface area is 93.1 Å². The van der Waals surface area contributed by atoms with Crippen LogP contribution in [-0.2, 0) is 0 Å². The van der Waals surface area contributed by atoms with Crippen molar-refractivity contribution in [2.75, 3.05) is 41.3 Å². The average molecular weight is 238 g/mol. The second kappa shape index (κ2) is 9.87. The molecule has 0 bridgehead atoms. The molecule has 78 valence electrons. The van der Waals surface area contributed by atoms with Gasteiger partial charge in [-0.25, -0.2) is 0 Å². The van der Waals surface area contributed by atoms with Gasteiger partial charge in [-0.2, -0.15) is 0 Å². The molecule has 0 aromatic heterocycles. The third-order valence-corrected chi connectivity index (χ3v) is 1.40. The van der Waals surface area contributed by atoms with Crippen molar-refractivity contribution in [3.8, 4) is 0 Å². The summed E-state index contributed by atoms with van der Waals surface area (Å²) in [6, 6.07) is 0. The zero-order valence-electron chi connectivity index (χ0n) is 8.08. The first-order valence-electron chi connectivity index (χ1n) is 3.46. The first-order chi connectivity index (χ1) is 4.52. The molecule has 0 radical (unpaired) electrons. The zero-order valence-corrected chi connectivity index (χ0v) is 10.5. The van der Waals surface area contributed by atoms with Crippen LogP contribution in [0.3, 0.4) is 0 Å². The van der Waals surface area contributed by atoms with Gasteiger partial charge in [0, 0.05) is 13.1 Å². The number of hydrogen-bond donors (Lipinski definition) is 0. The maximum Gasteiger partial charge on any atom is 0.0589 e. The third-order valence-electron chi connectivity index (χ3n) is 1.13. The third kappa shape index (κ3) is 13.4. The quantitative estimate of drug-likeness (QED) is 0.685. The normalized spacial score (nSPS) is 10.0. The van der Waals surface area contributed by atoms with Gasteiger partial charge in [0.2, 0.25) is 0 Å². The second-order valence-corrected chi connectivity index (χ2v) is 3.74. The van der Waals surface area contributed by atoms with Crippen LogP contribution in [-0.4, -0.2) is 56.5 Å². The van der Waals surface area contributed by atoms with Gasteiger partial charge in [0.1, 0.15) is 0 Å². The summed E-state index contributed by atoms with van der Waals surface area (Å²) in [5.41, 5.74) is 0. The number of halogens is 3. The van der Waals surface area contributed by atoms with E-state index in [2.05, 4.69) is 9.80 Å². The SMILES string of the molecule is CN(C)CC(Cl)CN(C)C.Cl.Cl. The molecule has 0 atom stereocenters. The molecule has 0 aromatic carbocycles. The van der Waals surface area contributed by atoms with Crippen LogP contribution in [0.15, 0.2) is 0 Å². The molecule has 2 nitrogen and oxygen atoms in total. The number of nitrogens with zero attached hydrogens (tertiary/aromatic N) is 2. The van der Waals surface area contributed by atoms with Crippen molar-refractivity contribution in [3.63, 3.8) is 0 Å². The Kier molecular flexibility index (Phi) is 15.3. The van der Waals surface area contributed by atoms with Crippen LogP contribution in [0.1, 0.15) is 0 Å². The summed E-state index contributed by atoms with van der Waals surface area (Å²) in [5.74, 6) is 0. The van der Waals surface area contributed by atoms with Gasteiger partial charge in [-0.3, -0.25) is 0 Å². The first-order valence-corrected chi connectivity index (χ1v) is 3.89. The Morgan fingerprint density at radius 1 is 0.917 bits per heavy atom. The Balaban J connectivity index is -0.000000405. The number of rotatable bonds is 4. The Bertz CT molecular complexity index is 78.7. The highest BCUT2D eigenvalue weighted by Gasteiger charge is 2.05. The second-order valence-electron chi connectivity index (χ2n) is 3.12. The van der Waals surface area contributed by atoms with Crippen LogP contribution in [0.4, 0.5) is 0 Å². The molecule has 5 heteroatoms. The topological polar surface area (TPSA) is 6.48 Å². The molecule has 0 amide bonds. The van der Waals surface area contributed by atoms with Crippen molar-refractivity contribution in [1.29, 1.82) is 0 Å². The van der Waals surface area contributed by atoms with E-state index in [0.717, 1.165) is 13.1 Å². The fourth-order valence-electron chi connectivity index (χ4n) is 0.850. The van der Waals surface area contributed by atoms with E-state index in [1.54, 1.807) is 0 Å².